The fraction of sp³-hybridized carbons (Fsp3) is 0.417. The monoisotopic (exact) mass is 225 g/mol. The predicted octanol–water partition coefficient (Wildman–Crippen LogP) is 3.67. The van der Waals surface area contributed by atoms with Crippen LogP contribution in [-0.4, -0.2) is 13.2 Å². The molecule has 0 aliphatic carbocycles. The highest BCUT2D eigenvalue weighted by Crippen LogP contribution is 2.03. The first-order valence-electron chi connectivity index (χ1n) is 4.90. The summed E-state index contributed by atoms with van der Waals surface area (Å²) >= 11 is 5.54. The molecule has 2 nitrogen and oxygen atoms in total. The summed E-state index contributed by atoms with van der Waals surface area (Å²) in [6, 6.07) is 11.2. The SMILES string of the molecule is C1CCOC1.CC#N.Clc1ccccc1. The number of halogens is 1. The molecule has 0 spiro atoms. The molecule has 0 amide bonds. The van der Waals surface area contributed by atoms with Gasteiger partial charge < -0.3 is 4.74 Å². The summed E-state index contributed by atoms with van der Waals surface area (Å²) in [6.45, 7) is 3.43. The number of hydrogen-bond donors (Lipinski definition) is 0. The van der Waals surface area contributed by atoms with Gasteiger partial charge in [-0.1, -0.05) is 29.8 Å². The third kappa shape index (κ3) is 10.9. The van der Waals surface area contributed by atoms with Crippen molar-refractivity contribution in [1.82, 2.24) is 0 Å². The first kappa shape index (κ1) is 14.0. The molecule has 3 heteroatoms. The third-order valence-corrected chi connectivity index (χ3v) is 1.81. The van der Waals surface area contributed by atoms with E-state index < -0.39 is 0 Å². The van der Waals surface area contributed by atoms with Crippen LogP contribution in [0.1, 0.15) is 19.8 Å². The molecule has 0 N–H and O–H groups in total. The van der Waals surface area contributed by atoms with Crippen molar-refractivity contribution in [3.63, 3.8) is 0 Å². The standard InChI is InChI=1S/C6H5Cl.C4H8O.C2H3N/c7-6-4-2-1-3-5-6;1-2-4-5-3-1;1-2-3/h1-5H;1-4H2;1H3. The van der Waals surface area contributed by atoms with E-state index in [1.807, 2.05) is 30.3 Å². The van der Waals surface area contributed by atoms with Crippen LogP contribution in [0.3, 0.4) is 0 Å². The maximum Gasteiger partial charge on any atom is 0.0587 e. The van der Waals surface area contributed by atoms with Gasteiger partial charge in [-0.15, -0.1) is 0 Å². The van der Waals surface area contributed by atoms with Gasteiger partial charge in [0.1, 0.15) is 0 Å². The van der Waals surface area contributed by atoms with Crippen LogP contribution in [0, 0.1) is 11.3 Å². The molecular weight excluding hydrogens is 210 g/mol. The molecule has 0 atom stereocenters. The molecule has 0 unspecified atom stereocenters. The number of nitriles is 1. The number of benzene rings is 1. The molecule has 1 aromatic rings. The average Bonchev–Trinajstić information content (AvgIpc) is 2.78. The molecule has 0 radical (unpaired) electrons. The molecule has 15 heavy (non-hydrogen) atoms. The van der Waals surface area contributed by atoms with E-state index in [0.717, 1.165) is 18.2 Å². The Kier molecular flexibility index (Phi) is 10.3. The Labute approximate surface area is 96.4 Å². The predicted molar refractivity (Wildman–Crippen MR) is 62.8 cm³/mol. The highest BCUT2D eigenvalue weighted by molar-refractivity contribution is 6.30. The Morgan fingerprint density at radius 2 is 1.67 bits per heavy atom. The number of rotatable bonds is 0. The third-order valence-electron chi connectivity index (χ3n) is 1.56. The van der Waals surface area contributed by atoms with Crippen LogP contribution in [0.4, 0.5) is 0 Å². The quantitative estimate of drug-likeness (QED) is 0.675. The summed E-state index contributed by atoms with van der Waals surface area (Å²) < 4.78 is 4.94. The number of hydrogen-bond acceptors (Lipinski definition) is 2. The van der Waals surface area contributed by atoms with Gasteiger partial charge in [0.15, 0.2) is 0 Å². The van der Waals surface area contributed by atoms with Gasteiger partial charge in [-0.25, -0.2) is 0 Å². The molecule has 1 saturated heterocycles. The first-order valence-corrected chi connectivity index (χ1v) is 5.28. The van der Waals surface area contributed by atoms with E-state index in [1.165, 1.54) is 19.8 Å². The number of ether oxygens (including phenoxy) is 1. The van der Waals surface area contributed by atoms with Gasteiger partial charge in [0.2, 0.25) is 0 Å². The van der Waals surface area contributed by atoms with Gasteiger partial charge in [0.05, 0.1) is 6.07 Å². The van der Waals surface area contributed by atoms with Crippen molar-refractivity contribution in [1.29, 1.82) is 5.26 Å². The van der Waals surface area contributed by atoms with Crippen molar-refractivity contribution in [3.05, 3.63) is 35.4 Å². The lowest BCUT2D eigenvalue weighted by atomic mass is 10.4. The molecule has 2 rings (SSSR count). The Morgan fingerprint density at radius 1 is 1.20 bits per heavy atom. The highest BCUT2D eigenvalue weighted by atomic mass is 35.5. The van der Waals surface area contributed by atoms with E-state index in [0.29, 0.717) is 0 Å². The van der Waals surface area contributed by atoms with E-state index in [9.17, 15) is 0 Å². The summed E-state index contributed by atoms with van der Waals surface area (Å²) in [7, 11) is 0. The van der Waals surface area contributed by atoms with E-state index in [2.05, 4.69) is 0 Å². The van der Waals surface area contributed by atoms with Crippen LogP contribution in [0.25, 0.3) is 0 Å². The summed E-state index contributed by atoms with van der Waals surface area (Å²) in [4.78, 5) is 0. The molecule has 0 bridgehead atoms. The van der Waals surface area contributed by atoms with Crippen LogP contribution in [0.15, 0.2) is 30.3 Å². The Hall–Kier alpha value is -1.04. The lowest BCUT2D eigenvalue weighted by Gasteiger charge is -1.80. The van der Waals surface area contributed by atoms with Gasteiger partial charge in [-0.3, -0.25) is 0 Å². The van der Waals surface area contributed by atoms with Crippen LogP contribution < -0.4 is 0 Å². The van der Waals surface area contributed by atoms with E-state index in [-0.39, 0.29) is 0 Å². The molecule has 0 saturated carbocycles. The second-order valence-corrected chi connectivity index (χ2v) is 3.28. The van der Waals surface area contributed by atoms with Gasteiger partial charge in [0, 0.05) is 25.2 Å². The van der Waals surface area contributed by atoms with Crippen LogP contribution in [0.5, 0.6) is 0 Å². The fourth-order valence-electron chi connectivity index (χ4n) is 0.925. The molecule has 0 aromatic heterocycles. The lowest BCUT2D eigenvalue weighted by Crippen LogP contribution is -1.74. The zero-order valence-corrected chi connectivity index (χ0v) is 9.70. The molecule has 1 fully saturated rings. The second-order valence-electron chi connectivity index (χ2n) is 2.84. The number of nitrogens with zero attached hydrogens (tertiary/aromatic N) is 1. The summed E-state index contributed by atoms with van der Waals surface area (Å²) in [6.07, 6.45) is 2.56. The highest BCUT2D eigenvalue weighted by Gasteiger charge is 1.94. The van der Waals surface area contributed by atoms with Crippen molar-refractivity contribution in [3.8, 4) is 6.07 Å². The maximum absolute atomic E-state index is 7.32. The lowest BCUT2D eigenvalue weighted by molar-refractivity contribution is 0.198. The van der Waals surface area contributed by atoms with Crippen LogP contribution in [0.2, 0.25) is 5.02 Å². The summed E-state index contributed by atoms with van der Waals surface area (Å²) in [5.41, 5.74) is 0. The molecular formula is C12H16ClNO. The van der Waals surface area contributed by atoms with Crippen molar-refractivity contribution >= 4 is 11.6 Å². The van der Waals surface area contributed by atoms with E-state index in [4.69, 9.17) is 21.6 Å². The average molecular weight is 226 g/mol. The van der Waals surface area contributed by atoms with Crippen LogP contribution >= 0.6 is 11.6 Å². The van der Waals surface area contributed by atoms with Crippen molar-refractivity contribution in [2.45, 2.75) is 19.8 Å². The molecule has 1 aliphatic heterocycles. The second kappa shape index (κ2) is 11.0. The largest absolute Gasteiger partial charge is 0.381 e. The van der Waals surface area contributed by atoms with E-state index >= 15 is 0 Å². The van der Waals surface area contributed by atoms with Crippen LogP contribution in [-0.2, 0) is 4.74 Å². The van der Waals surface area contributed by atoms with Gasteiger partial charge in [-0.2, -0.15) is 5.26 Å². The Balaban J connectivity index is 0.000000216. The van der Waals surface area contributed by atoms with Gasteiger partial charge in [0.25, 0.3) is 0 Å². The molecule has 1 aliphatic rings. The zero-order valence-electron chi connectivity index (χ0n) is 8.95. The summed E-state index contributed by atoms with van der Waals surface area (Å²) in [5.74, 6) is 0. The molecule has 82 valence electrons. The van der Waals surface area contributed by atoms with E-state index in [1.54, 1.807) is 6.07 Å². The fourth-order valence-corrected chi connectivity index (χ4v) is 1.07. The maximum atomic E-state index is 7.32. The first-order chi connectivity index (χ1) is 7.31. The Morgan fingerprint density at radius 3 is 1.87 bits per heavy atom. The van der Waals surface area contributed by atoms with Gasteiger partial charge >= 0.3 is 0 Å². The minimum Gasteiger partial charge on any atom is -0.381 e. The molecule has 1 aromatic carbocycles. The molecule has 1 heterocycles. The minimum atomic E-state index is 0.794. The Bertz CT molecular complexity index is 257. The summed E-state index contributed by atoms with van der Waals surface area (Å²) in [5, 5.41) is 8.11. The van der Waals surface area contributed by atoms with Crippen molar-refractivity contribution in [2.24, 2.45) is 0 Å². The van der Waals surface area contributed by atoms with Crippen molar-refractivity contribution < 1.29 is 4.74 Å². The van der Waals surface area contributed by atoms with Crippen molar-refractivity contribution in [2.75, 3.05) is 13.2 Å². The smallest absolute Gasteiger partial charge is 0.0587 e. The normalized spacial score (nSPS) is 12.6. The van der Waals surface area contributed by atoms with Gasteiger partial charge in [-0.05, 0) is 25.0 Å². The topological polar surface area (TPSA) is 33.0 Å². The minimum absolute atomic E-state index is 0.794. The zero-order chi connectivity index (χ0) is 11.4.